The summed E-state index contributed by atoms with van der Waals surface area (Å²) in [6, 6.07) is 82.5. The Balaban J connectivity index is 1.09. The molecule has 0 spiro atoms. The molecule has 0 aliphatic heterocycles. The highest BCUT2D eigenvalue weighted by Crippen LogP contribution is 2.49. The molecule has 12 aromatic rings. The molecule has 0 aliphatic carbocycles. The number of fused-ring (bicyclic) bond motifs is 2. The molecule has 0 aromatic heterocycles. The van der Waals surface area contributed by atoms with Gasteiger partial charge in [0.25, 0.3) is 0 Å². The Bertz CT molecular complexity index is 3590. The first kappa shape index (κ1) is 41.6. The predicted molar refractivity (Wildman–Crippen MR) is 295 cm³/mol. The van der Waals surface area contributed by atoms with Crippen LogP contribution in [0.1, 0.15) is 52.7 Å². The zero-order valence-electron chi connectivity index (χ0n) is 39.8. The molecule has 0 bridgehead atoms. The second kappa shape index (κ2) is 15.9. The Hall–Kier alpha value is -7.80. The quantitative estimate of drug-likeness (QED) is 0.146. The van der Waals surface area contributed by atoms with Crippen molar-refractivity contribution in [3.8, 4) is 66.8 Å². The van der Waals surface area contributed by atoms with E-state index in [1.807, 2.05) is 0 Å². The van der Waals surface area contributed by atoms with Gasteiger partial charge in [0.2, 0.25) is 0 Å². The van der Waals surface area contributed by atoms with E-state index in [-0.39, 0.29) is 10.8 Å². The minimum absolute atomic E-state index is 0.0602. The molecule has 0 amide bonds. The fourth-order valence-corrected chi connectivity index (χ4v) is 10.7. The SMILES string of the molecule is CC(C)(C)c1ccc(-c2cc(-c3ccc(-c4ccc5ccccc5c4)cc3)c3ccc4c(-c5ccc(C(C)(C)C)cc5)cc(-c5ccc(-c6ccc7ccccc7c6)cc5)c5ccc2c3c54)cc1. The van der Waals surface area contributed by atoms with Crippen LogP contribution in [0, 0.1) is 0 Å². The van der Waals surface area contributed by atoms with E-state index in [1.54, 1.807) is 0 Å². The minimum atomic E-state index is 0.0602. The van der Waals surface area contributed by atoms with Gasteiger partial charge in [0.15, 0.2) is 0 Å². The fraction of sp³-hybridized carbons (Fsp3) is 0.118. The third-order valence-electron chi connectivity index (χ3n) is 14.6. The van der Waals surface area contributed by atoms with Crippen LogP contribution in [-0.4, -0.2) is 0 Å². The largest absolute Gasteiger partial charge is 0.0616 e. The maximum Gasteiger partial charge on any atom is -0.00139 e. The summed E-state index contributed by atoms with van der Waals surface area (Å²) in [6.45, 7) is 13.8. The van der Waals surface area contributed by atoms with E-state index < -0.39 is 0 Å². The number of hydrogen-bond donors (Lipinski definition) is 0. The van der Waals surface area contributed by atoms with Crippen LogP contribution in [0.2, 0.25) is 0 Å². The minimum Gasteiger partial charge on any atom is -0.0616 e. The Morgan fingerprint density at radius 2 is 0.485 bits per heavy atom. The van der Waals surface area contributed by atoms with Gasteiger partial charge in [-0.15, -0.1) is 0 Å². The summed E-state index contributed by atoms with van der Waals surface area (Å²) < 4.78 is 0. The molecule has 0 heterocycles. The summed E-state index contributed by atoms with van der Waals surface area (Å²) in [7, 11) is 0. The lowest BCUT2D eigenvalue weighted by molar-refractivity contribution is 0.590. The van der Waals surface area contributed by atoms with E-state index >= 15 is 0 Å². The van der Waals surface area contributed by atoms with E-state index in [4.69, 9.17) is 0 Å². The van der Waals surface area contributed by atoms with Crippen LogP contribution in [0.4, 0.5) is 0 Å². The van der Waals surface area contributed by atoms with Gasteiger partial charge in [-0.05, 0) is 167 Å². The number of rotatable bonds is 6. The first-order valence-corrected chi connectivity index (χ1v) is 24.1. The van der Waals surface area contributed by atoms with E-state index in [1.165, 1.54) is 132 Å². The monoisotopic (exact) mass is 870 g/mol. The van der Waals surface area contributed by atoms with Gasteiger partial charge in [-0.2, -0.15) is 0 Å². The smallest absolute Gasteiger partial charge is 0.00139 e. The summed E-state index contributed by atoms with van der Waals surface area (Å²) in [5, 5.41) is 12.7. The molecule has 0 nitrogen and oxygen atoms in total. The molecule has 0 fully saturated rings. The van der Waals surface area contributed by atoms with Crippen LogP contribution in [0.15, 0.2) is 218 Å². The van der Waals surface area contributed by atoms with Crippen molar-refractivity contribution in [1.29, 1.82) is 0 Å². The average Bonchev–Trinajstić information content (AvgIpc) is 3.37. The molecule has 68 heavy (non-hydrogen) atoms. The van der Waals surface area contributed by atoms with E-state index in [2.05, 4.69) is 260 Å². The molecule has 0 radical (unpaired) electrons. The van der Waals surface area contributed by atoms with Gasteiger partial charge in [-0.1, -0.05) is 236 Å². The summed E-state index contributed by atoms with van der Waals surface area (Å²) >= 11 is 0. The number of hydrogen-bond acceptors (Lipinski definition) is 0. The van der Waals surface area contributed by atoms with Crippen molar-refractivity contribution in [2.24, 2.45) is 0 Å². The molecule has 0 atom stereocenters. The van der Waals surface area contributed by atoms with Gasteiger partial charge in [-0.25, -0.2) is 0 Å². The first-order valence-electron chi connectivity index (χ1n) is 24.1. The molecular weight excluding hydrogens is 817 g/mol. The van der Waals surface area contributed by atoms with Crippen LogP contribution in [-0.2, 0) is 10.8 Å². The topological polar surface area (TPSA) is 0 Å². The van der Waals surface area contributed by atoms with Crippen LogP contribution < -0.4 is 0 Å². The van der Waals surface area contributed by atoms with Gasteiger partial charge < -0.3 is 0 Å². The lowest BCUT2D eigenvalue weighted by Crippen LogP contribution is -2.10. The first-order chi connectivity index (χ1) is 32.9. The number of benzene rings is 12. The van der Waals surface area contributed by atoms with Gasteiger partial charge in [0.05, 0.1) is 0 Å². The van der Waals surface area contributed by atoms with Crippen molar-refractivity contribution in [1.82, 2.24) is 0 Å². The standard InChI is InChI=1S/C68H54/c1-67(2,3)55-31-27-49(28-32-55)63-41-61(47-21-15-45(16-22-47)53-25-19-43-11-7-9-13-51(43)39-53)57-36-38-60-64(50-29-33-56(34-30-50)68(4,5)6)42-62(58-35-37-59(63)65(57)66(58)60)48-23-17-46(18-24-48)54-26-20-44-12-8-10-14-52(44)40-54/h7-42H,1-6H3. The van der Waals surface area contributed by atoms with E-state index in [9.17, 15) is 0 Å². The third-order valence-corrected chi connectivity index (χ3v) is 14.6. The van der Waals surface area contributed by atoms with Crippen molar-refractivity contribution in [3.05, 3.63) is 230 Å². The van der Waals surface area contributed by atoms with Gasteiger partial charge in [0.1, 0.15) is 0 Å². The Morgan fingerprint density at radius 3 is 0.794 bits per heavy atom. The highest BCUT2D eigenvalue weighted by Gasteiger charge is 2.23. The van der Waals surface area contributed by atoms with Crippen molar-refractivity contribution in [3.63, 3.8) is 0 Å². The van der Waals surface area contributed by atoms with Crippen molar-refractivity contribution < 1.29 is 0 Å². The second-order valence-electron chi connectivity index (χ2n) is 20.9. The zero-order valence-corrected chi connectivity index (χ0v) is 39.8. The molecule has 0 saturated carbocycles. The fourth-order valence-electron chi connectivity index (χ4n) is 10.7. The van der Waals surface area contributed by atoms with E-state index in [0.717, 1.165) is 0 Å². The van der Waals surface area contributed by atoms with Gasteiger partial charge in [0, 0.05) is 0 Å². The lowest BCUT2D eigenvalue weighted by atomic mass is 9.81. The molecule has 0 N–H and O–H groups in total. The summed E-state index contributed by atoms with van der Waals surface area (Å²) in [4.78, 5) is 0. The predicted octanol–water partition coefficient (Wildman–Crippen LogP) is 19.5. The molecule has 326 valence electrons. The molecule has 0 aliphatic rings. The maximum absolute atomic E-state index is 2.46. The van der Waals surface area contributed by atoms with Crippen LogP contribution in [0.25, 0.3) is 121 Å². The molecule has 12 aromatic carbocycles. The highest BCUT2D eigenvalue weighted by atomic mass is 14.3. The second-order valence-corrected chi connectivity index (χ2v) is 20.9. The van der Waals surface area contributed by atoms with Gasteiger partial charge in [-0.3, -0.25) is 0 Å². The van der Waals surface area contributed by atoms with Crippen LogP contribution in [0.5, 0.6) is 0 Å². The molecule has 0 heteroatoms. The third kappa shape index (κ3) is 7.24. The van der Waals surface area contributed by atoms with E-state index in [0.29, 0.717) is 0 Å². The summed E-state index contributed by atoms with van der Waals surface area (Å²) in [6.07, 6.45) is 0. The normalized spacial score (nSPS) is 12.3. The Labute approximate surface area is 400 Å². The van der Waals surface area contributed by atoms with Crippen LogP contribution >= 0.6 is 0 Å². The average molecular weight is 871 g/mol. The van der Waals surface area contributed by atoms with Crippen molar-refractivity contribution in [2.45, 2.75) is 52.4 Å². The molecular formula is C68H54. The lowest BCUT2D eigenvalue weighted by Gasteiger charge is -2.23. The Morgan fingerprint density at radius 1 is 0.221 bits per heavy atom. The maximum atomic E-state index is 2.46. The van der Waals surface area contributed by atoms with Crippen LogP contribution in [0.3, 0.4) is 0 Å². The van der Waals surface area contributed by atoms with Gasteiger partial charge >= 0.3 is 0 Å². The molecule has 0 saturated heterocycles. The van der Waals surface area contributed by atoms with Crippen molar-refractivity contribution >= 4 is 53.9 Å². The summed E-state index contributed by atoms with van der Waals surface area (Å²) in [5.41, 5.74) is 17.5. The summed E-state index contributed by atoms with van der Waals surface area (Å²) in [5.74, 6) is 0. The molecule has 0 unspecified atom stereocenters. The zero-order chi connectivity index (χ0) is 46.3. The Kier molecular flexibility index (Phi) is 9.75. The molecule has 12 rings (SSSR count). The van der Waals surface area contributed by atoms with Crippen molar-refractivity contribution in [2.75, 3.05) is 0 Å². The highest BCUT2D eigenvalue weighted by molar-refractivity contribution is 6.32.